The minimum Gasteiger partial charge on any atom is -0.497 e. The van der Waals surface area contributed by atoms with Gasteiger partial charge in [-0.1, -0.05) is 144 Å². The van der Waals surface area contributed by atoms with Crippen molar-refractivity contribution in [2.24, 2.45) is 16.7 Å². The standard InChI is InChI=1S/C57H61Cl6NO19/c1-29-35(77-47(68)41-39(31-16-12-10-13-17-31)64(48(69)83-51(3,4)5)45(79-41)32-20-22-34(73-9)23-21-32)25-55(72)44(81-46(67)33-18-14-11-15-19-33)42-53(8,43(66)40(38(29)52(55,6)7)80-50(71)76-28-57(61,62)63)36(78-49(70)75-27-56(58,59)60)24-37-54(42,26-74-37)82-30(2)65/h10-23,35-37,39-42,44-45,72H,24-28H2,1-9H3/t35-,36-,37+,39-,40+,41+,42-,44-,45?,53+,54-,55+/m0/s1. The van der Waals surface area contributed by atoms with Gasteiger partial charge in [0.15, 0.2) is 29.8 Å². The number of carbonyl (C=O) groups excluding carboxylic acids is 7. The van der Waals surface area contributed by atoms with E-state index in [1.54, 1.807) is 93.6 Å². The zero-order chi connectivity index (χ0) is 61.0. The van der Waals surface area contributed by atoms with Gasteiger partial charge in [0.05, 0.1) is 30.6 Å². The molecule has 4 fully saturated rings. The summed E-state index contributed by atoms with van der Waals surface area (Å²) in [4.78, 5) is 104. The van der Waals surface area contributed by atoms with Crippen LogP contribution in [0.1, 0.15) is 102 Å². The van der Waals surface area contributed by atoms with E-state index in [0.29, 0.717) is 16.9 Å². The molecule has 8 rings (SSSR count). The molecule has 26 heteroatoms. The molecule has 2 saturated carbocycles. The molecule has 3 aromatic rings. The molecule has 450 valence electrons. The van der Waals surface area contributed by atoms with E-state index >= 15 is 9.59 Å². The topological polar surface area (TPSA) is 244 Å². The predicted octanol–water partition coefficient (Wildman–Crippen LogP) is 10.8. The van der Waals surface area contributed by atoms with Crippen molar-refractivity contribution < 1.29 is 90.8 Å². The number of amides is 1. The average Bonchev–Trinajstić information content (AvgIpc) is 1.16. The summed E-state index contributed by atoms with van der Waals surface area (Å²) in [6.45, 7) is 9.52. The van der Waals surface area contributed by atoms with Crippen molar-refractivity contribution in [3.8, 4) is 5.75 Å². The summed E-state index contributed by atoms with van der Waals surface area (Å²) in [5.74, 6) is -5.58. The van der Waals surface area contributed by atoms with E-state index in [1.807, 2.05) is 0 Å². The third-order valence-electron chi connectivity index (χ3n) is 15.8. The third-order valence-corrected chi connectivity index (χ3v) is 16.4. The van der Waals surface area contributed by atoms with Gasteiger partial charge in [-0.05, 0) is 75.6 Å². The van der Waals surface area contributed by atoms with E-state index in [1.165, 1.54) is 51.8 Å². The van der Waals surface area contributed by atoms with Gasteiger partial charge in [0.1, 0.15) is 60.6 Å². The van der Waals surface area contributed by atoms with Crippen LogP contribution in [0.2, 0.25) is 0 Å². The number of methoxy groups -OCH3 is 1. The Morgan fingerprint density at radius 1 is 0.771 bits per heavy atom. The smallest absolute Gasteiger partial charge is 0.497 e. The molecule has 3 aliphatic carbocycles. The lowest BCUT2D eigenvalue weighted by Crippen LogP contribution is -2.82. The van der Waals surface area contributed by atoms with Gasteiger partial charge >= 0.3 is 36.3 Å². The second-order valence-electron chi connectivity index (χ2n) is 22.5. The van der Waals surface area contributed by atoms with Crippen LogP contribution in [0.5, 0.6) is 5.75 Å². The predicted molar refractivity (Wildman–Crippen MR) is 298 cm³/mol. The molecule has 5 aliphatic rings. The van der Waals surface area contributed by atoms with Crippen LogP contribution in [0.15, 0.2) is 96.1 Å². The number of aliphatic hydroxyl groups is 1. The summed E-state index contributed by atoms with van der Waals surface area (Å²) in [6.07, 6.45) is -17.1. The Hall–Kier alpha value is -5.29. The molecule has 1 amide bonds. The van der Waals surface area contributed by atoms with Gasteiger partial charge in [-0.15, -0.1) is 0 Å². The molecule has 12 atom stereocenters. The summed E-state index contributed by atoms with van der Waals surface area (Å²) < 4.78 is 61.5. The number of hydrogen-bond acceptors (Lipinski definition) is 19. The first-order chi connectivity index (χ1) is 38.7. The van der Waals surface area contributed by atoms with Crippen molar-refractivity contribution in [3.63, 3.8) is 0 Å². The van der Waals surface area contributed by atoms with Crippen LogP contribution in [0.3, 0.4) is 0 Å². The molecular weight excluding hydrogens is 1220 g/mol. The normalized spacial score (nSPS) is 30.1. The Bertz CT molecular complexity index is 3000. The number of ether oxygens (including phenoxy) is 11. The van der Waals surface area contributed by atoms with Gasteiger partial charge in [0.2, 0.25) is 7.59 Å². The molecule has 0 aromatic heterocycles. The van der Waals surface area contributed by atoms with E-state index in [-0.39, 0.29) is 16.7 Å². The van der Waals surface area contributed by atoms with Crippen molar-refractivity contribution in [1.29, 1.82) is 0 Å². The lowest BCUT2D eigenvalue weighted by molar-refractivity contribution is -0.346. The Morgan fingerprint density at radius 2 is 1.35 bits per heavy atom. The van der Waals surface area contributed by atoms with E-state index in [4.69, 9.17) is 122 Å². The molecule has 2 saturated heterocycles. The summed E-state index contributed by atoms with van der Waals surface area (Å²) in [5, 5.41) is 14.4. The van der Waals surface area contributed by atoms with Crippen LogP contribution in [-0.2, 0) is 61.8 Å². The average molecular weight is 1280 g/mol. The zero-order valence-corrected chi connectivity index (χ0v) is 50.9. The van der Waals surface area contributed by atoms with E-state index in [0.717, 1.165) is 6.92 Å². The number of nitrogens with zero attached hydrogens (tertiary/aromatic N) is 1. The molecule has 0 spiro atoms. The van der Waals surface area contributed by atoms with Crippen LogP contribution >= 0.6 is 69.6 Å². The van der Waals surface area contributed by atoms with Gasteiger partial charge in [0.25, 0.3) is 0 Å². The summed E-state index contributed by atoms with van der Waals surface area (Å²) in [7, 11) is 1.48. The van der Waals surface area contributed by atoms with Gasteiger partial charge < -0.3 is 57.2 Å². The highest BCUT2D eigenvalue weighted by Gasteiger charge is 2.79. The molecule has 2 bridgehead atoms. The Balaban J connectivity index is 1.35. The molecule has 2 aliphatic heterocycles. The SMILES string of the molecule is COc1ccc(C2O[C@@H](C(=O)O[C@H]3C[C@@]4(O)[C@@H](OC(=O)c5ccccc5)[C@@H]5[C@]6(OC(C)=O)CO[C@@H]6C[C@H](OC(=O)OCC(Cl)(Cl)Cl)[C@@]5(C)C(=O)[C@H](OC(=O)OCC(Cl)(Cl)Cl)C(=C3C)C4(C)C)[C@H](c3ccccc3)N2C(=O)OC(C)(C)C)cc1. The number of carbonyl (C=O) groups is 7. The molecule has 83 heavy (non-hydrogen) atoms. The number of ketones is 1. The van der Waals surface area contributed by atoms with E-state index < -0.39 is 165 Å². The highest BCUT2D eigenvalue weighted by Crippen LogP contribution is 2.65. The van der Waals surface area contributed by atoms with Crippen molar-refractivity contribution in [2.75, 3.05) is 26.9 Å². The molecule has 2 heterocycles. The van der Waals surface area contributed by atoms with Crippen LogP contribution < -0.4 is 4.74 Å². The lowest BCUT2D eigenvalue weighted by atomic mass is 9.44. The van der Waals surface area contributed by atoms with E-state index in [2.05, 4.69) is 0 Å². The second-order valence-corrected chi connectivity index (χ2v) is 27.5. The largest absolute Gasteiger partial charge is 0.509 e. The van der Waals surface area contributed by atoms with Crippen LogP contribution in [-0.4, -0.2) is 140 Å². The van der Waals surface area contributed by atoms with Crippen molar-refractivity contribution in [1.82, 2.24) is 4.90 Å². The van der Waals surface area contributed by atoms with Gasteiger partial charge in [-0.2, -0.15) is 0 Å². The highest BCUT2D eigenvalue weighted by atomic mass is 35.6. The zero-order valence-electron chi connectivity index (χ0n) is 46.3. The maximum absolute atomic E-state index is 16.6. The number of esters is 3. The summed E-state index contributed by atoms with van der Waals surface area (Å²) in [5.41, 5.74) is -9.53. The van der Waals surface area contributed by atoms with Gasteiger partial charge in [0, 0.05) is 30.7 Å². The number of alkyl halides is 6. The maximum atomic E-state index is 16.6. The van der Waals surface area contributed by atoms with Gasteiger partial charge in [-0.25, -0.2) is 24.0 Å². The minimum atomic E-state index is -2.65. The van der Waals surface area contributed by atoms with Crippen LogP contribution in [0, 0.1) is 16.7 Å². The quantitative estimate of drug-likeness (QED) is 0.0766. The molecular formula is C57H61Cl6NO19. The minimum absolute atomic E-state index is 0.00983. The maximum Gasteiger partial charge on any atom is 0.509 e. The second kappa shape index (κ2) is 23.9. The number of benzene rings is 3. The van der Waals surface area contributed by atoms with Gasteiger partial charge in [-0.3, -0.25) is 14.5 Å². The first kappa shape index (κ1) is 63.7. The molecule has 3 aromatic carbocycles. The fraction of sp³-hybridized carbons (Fsp3) is 0.526. The van der Waals surface area contributed by atoms with Crippen LogP contribution in [0.25, 0.3) is 0 Å². The summed E-state index contributed by atoms with van der Waals surface area (Å²) in [6, 6.07) is 21.4. The number of fused-ring (bicyclic) bond motifs is 5. The number of halogens is 6. The highest BCUT2D eigenvalue weighted by molar-refractivity contribution is 6.68. The Kier molecular flexibility index (Phi) is 18.3. The number of Topliss-reactive ketones (excluding diaryl/α,β-unsaturated/α-hetero) is 1. The van der Waals surface area contributed by atoms with Crippen LogP contribution in [0.4, 0.5) is 14.4 Å². The fourth-order valence-electron chi connectivity index (χ4n) is 12.0. The molecule has 1 unspecified atom stereocenters. The van der Waals surface area contributed by atoms with Crippen molar-refractivity contribution in [3.05, 3.63) is 113 Å². The molecule has 0 radical (unpaired) electrons. The van der Waals surface area contributed by atoms with E-state index in [9.17, 15) is 29.1 Å². The lowest BCUT2D eigenvalue weighted by Gasteiger charge is -2.67. The number of rotatable bonds is 12. The fourth-order valence-corrected chi connectivity index (χ4v) is 12.4. The molecule has 20 nitrogen and oxygen atoms in total. The first-order valence-electron chi connectivity index (χ1n) is 26.1. The molecule has 1 N–H and O–H groups in total. The Labute approximate surface area is 508 Å². The third kappa shape index (κ3) is 12.8. The Morgan fingerprint density at radius 3 is 1.88 bits per heavy atom. The number of hydrogen-bond donors (Lipinski definition) is 1. The first-order valence-corrected chi connectivity index (χ1v) is 28.3. The summed E-state index contributed by atoms with van der Waals surface area (Å²) >= 11 is 35.8. The van der Waals surface area contributed by atoms with Crippen molar-refractivity contribution >= 4 is 112 Å². The van der Waals surface area contributed by atoms with Crippen molar-refractivity contribution in [2.45, 2.75) is 142 Å². The monoisotopic (exact) mass is 1270 g/mol.